The van der Waals surface area contributed by atoms with Crippen molar-refractivity contribution in [3.63, 3.8) is 0 Å². The fourth-order valence-corrected chi connectivity index (χ4v) is 7.39. The topological polar surface area (TPSA) is 32.3 Å². The largest absolute Gasteiger partial charge is 0.341 e. The Morgan fingerprint density at radius 3 is 1.39 bits per heavy atom. The second-order valence-electron chi connectivity index (χ2n) is 13.8. The summed E-state index contributed by atoms with van der Waals surface area (Å²) in [7, 11) is 0. The first-order valence-corrected chi connectivity index (χ1v) is 17.3. The maximum absolute atomic E-state index is 15.4. The van der Waals surface area contributed by atoms with Crippen LogP contribution in [-0.4, -0.2) is 23.1 Å². The van der Waals surface area contributed by atoms with E-state index in [1.54, 1.807) is 0 Å². The molecule has 0 saturated heterocycles. The van der Waals surface area contributed by atoms with Crippen LogP contribution in [0.4, 0.5) is 40.3 Å². The average Bonchev–Trinajstić information content (AvgIpc) is 3.14. The molecule has 0 unspecified atom stereocenters. The molecule has 0 atom stereocenters. The van der Waals surface area contributed by atoms with E-state index in [-0.39, 0.29) is 11.1 Å². The Bertz CT molecular complexity index is 2130. The Hall–Kier alpha value is -5.50. The number of halogens is 4. The van der Waals surface area contributed by atoms with Crippen LogP contribution in [-0.2, 0) is 18.3 Å². The molecule has 0 amide bonds. The Labute approximate surface area is 295 Å². The van der Waals surface area contributed by atoms with E-state index in [2.05, 4.69) is 34.1 Å². The van der Waals surface area contributed by atoms with Gasteiger partial charge in [-0.2, -0.15) is 0 Å². The molecular formula is C43H36F4N4. The summed E-state index contributed by atoms with van der Waals surface area (Å²) in [5.74, 6) is -2.75. The van der Waals surface area contributed by atoms with Gasteiger partial charge >= 0.3 is 0 Å². The van der Waals surface area contributed by atoms with Gasteiger partial charge in [0.1, 0.15) is 23.3 Å². The number of nitrogens with zero attached hydrogens (tertiary/aromatic N) is 4. The van der Waals surface area contributed by atoms with E-state index in [4.69, 9.17) is 9.97 Å². The van der Waals surface area contributed by atoms with Crippen molar-refractivity contribution in [2.24, 2.45) is 0 Å². The number of para-hydroxylation sites is 2. The Kier molecular flexibility index (Phi) is 8.33. The first-order chi connectivity index (χ1) is 24.7. The van der Waals surface area contributed by atoms with Gasteiger partial charge in [-0.3, -0.25) is 9.97 Å². The quantitative estimate of drug-likeness (QED) is 0.164. The lowest BCUT2D eigenvalue weighted by Crippen LogP contribution is -2.28. The molecule has 51 heavy (non-hydrogen) atoms. The fraction of sp³-hybridized carbons (Fsp3) is 0.209. The highest BCUT2D eigenvalue weighted by atomic mass is 19.1. The molecule has 2 aromatic heterocycles. The zero-order valence-corrected chi connectivity index (χ0v) is 28.4. The molecule has 0 aliphatic carbocycles. The van der Waals surface area contributed by atoms with Crippen molar-refractivity contribution < 1.29 is 17.6 Å². The highest BCUT2D eigenvalue weighted by molar-refractivity contribution is 5.75. The average molecular weight is 685 g/mol. The molecule has 0 fully saturated rings. The molecule has 2 aliphatic heterocycles. The lowest BCUT2D eigenvalue weighted by molar-refractivity contribution is 0.582. The van der Waals surface area contributed by atoms with E-state index >= 15 is 8.78 Å². The lowest BCUT2D eigenvalue weighted by atomic mass is 9.83. The third-order valence-corrected chi connectivity index (χ3v) is 10.2. The second-order valence-corrected chi connectivity index (χ2v) is 13.8. The predicted octanol–water partition coefficient (Wildman–Crippen LogP) is 10.9. The van der Waals surface area contributed by atoms with Gasteiger partial charge in [-0.25, -0.2) is 17.6 Å². The second kappa shape index (κ2) is 13.0. The van der Waals surface area contributed by atoms with Gasteiger partial charge in [0.25, 0.3) is 0 Å². The molecule has 0 N–H and O–H groups in total. The van der Waals surface area contributed by atoms with Gasteiger partial charge in [-0.1, -0.05) is 36.4 Å². The molecule has 0 spiro atoms. The van der Waals surface area contributed by atoms with Gasteiger partial charge in [-0.15, -0.1) is 0 Å². The van der Waals surface area contributed by atoms with Crippen molar-refractivity contribution in [3.8, 4) is 22.5 Å². The molecule has 6 aromatic rings. The van der Waals surface area contributed by atoms with Crippen LogP contribution in [0.5, 0.6) is 0 Å². The number of fused-ring (bicyclic) bond motifs is 2. The van der Waals surface area contributed by atoms with E-state index in [0.717, 1.165) is 73.7 Å². The molecule has 8 rings (SSSR count). The number of rotatable bonds is 6. The zero-order valence-electron chi connectivity index (χ0n) is 28.4. The Morgan fingerprint density at radius 1 is 0.529 bits per heavy atom. The van der Waals surface area contributed by atoms with E-state index in [1.165, 1.54) is 35.4 Å². The van der Waals surface area contributed by atoms with Crippen LogP contribution >= 0.6 is 0 Å². The van der Waals surface area contributed by atoms with Crippen molar-refractivity contribution >= 4 is 22.7 Å². The summed E-state index contributed by atoms with van der Waals surface area (Å²) in [4.78, 5) is 14.5. The predicted molar refractivity (Wildman–Crippen MR) is 195 cm³/mol. The van der Waals surface area contributed by atoms with Crippen LogP contribution in [0.1, 0.15) is 49.2 Å². The van der Waals surface area contributed by atoms with Gasteiger partial charge in [0.05, 0.1) is 22.8 Å². The minimum atomic E-state index is -0.896. The van der Waals surface area contributed by atoms with Crippen LogP contribution in [0.3, 0.4) is 0 Å². The van der Waals surface area contributed by atoms with Crippen LogP contribution < -0.4 is 9.80 Å². The molecule has 4 heterocycles. The Balaban J connectivity index is 1.33. The molecule has 4 nitrogen and oxygen atoms in total. The Morgan fingerprint density at radius 2 is 0.961 bits per heavy atom. The molecule has 0 radical (unpaired) electrons. The molecule has 4 aromatic carbocycles. The van der Waals surface area contributed by atoms with Crippen molar-refractivity contribution in [2.75, 3.05) is 22.9 Å². The van der Waals surface area contributed by atoms with E-state index in [0.29, 0.717) is 22.8 Å². The van der Waals surface area contributed by atoms with Gasteiger partial charge in [0, 0.05) is 64.5 Å². The number of aryl methyl sites for hydroxylation is 2. The van der Waals surface area contributed by atoms with Crippen molar-refractivity contribution in [2.45, 2.75) is 44.9 Å². The molecule has 0 saturated carbocycles. The van der Waals surface area contributed by atoms with E-state index < -0.39 is 28.7 Å². The normalized spacial score (nSPS) is 14.3. The van der Waals surface area contributed by atoms with E-state index in [9.17, 15) is 8.78 Å². The molecular weight excluding hydrogens is 648 g/mol. The first kappa shape index (κ1) is 32.7. The molecule has 256 valence electrons. The van der Waals surface area contributed by atoms with Crippen molar-refractivity contribution in [1.29, 1.82) is 0 Å². The number of pyridine rings is 2. The third-order valence-electron chi connectivity index (χ3n) is 10.2. The summed E-state index contributed by atoms with van der Waals surface area (Å²) < 4.78 is 59.0. The van der Waals surface area contributed by atoms with Crippen molar-refractivity contribution in [1.82, 2.24) is 9.97 Å². The van der Waals surface area contributed by atoms with Gasteiger partial charge in [0.2, 0.25) is 0 Å². The number of hydrogen-bond acceptors (Lipinski definition) is 4. The minimum Gasteiger partial charge on any atom is -0.341 e. The summed E-state index contributed by atoms with van der Waals surface area (Å²) >= 11 is 0. The van der Waals surface area contributed by atoms with E-state index in [1.807, 2.05) is 62.4 Å². The number of aromatic nitrogens is 2. The number of hydrogen-bond donors (Lipinski definition) is 0. The first-order valence-electron chi connectivity index (χ1n) is 17.3. The summed E-state index contributed by atoms with van der Waals surface area (Å²) in [6.07, 6.45) is 3.78. The van der Waals surface area contributed by atoms with Gasteiger partial charge in [-0.05, 0) is 111 Å². The maximum Gasteiger partial charge on any atom is 0.135 e. The fourth-order valence-electron chi connectivity index (χ4n) is 7.39. The number of benzene rings is 4. The SMILES string of the molecule is CC(C)(c1cc(N2CCCc3ccccc32)cc(-c2ccc(F)cc2F)n1)c1cc(N2CCCc3ccccc32)cc(-c2ccc(F)cc2F)n1. The smallest absolute Gasteiger partial charge is 0.135 e. The van der Waals surface area contributed by atoms with Gasteiger partial charge < -0.3 is 9.80 Å². The molecule has 8 heteroatoms. The highest BCUT2D eigenvalue weighted by Crippen LogP contribution is 2.42. The molecule has 2 aliphatic rings. The lowest BCUT2D eigenvalue weighted by Gasteiger charge is -2.34. The minimum absolute atomic E-state index is 0.182. The van der Waals surface area contributed by atoms with Crippen LogP contribution in [0.15, 0.2) is 109 Å². The standard InChI is InChI=1S/C43H36F4N4/c1-43(2,41-25-31(50-19-7-11-27-9-3-5-13-39(27)50)23-37(48-41)33-17-15-29(44)21-35(33)46)42-26-32(51-20-8-12-28-10-4-6-14-40(28)51)24-38(49-42)34-18-16-30(45)22-36(34)47/h3-6,9-10,13-18,21-26H,7-8,11-12,19-20H2,1-2H3. The summed E-state index contributed by atoms with van der Waals surface area (Å²) in [5.41, 5.74) is 7.64. The summed E-state index contributed by atoms with van der Waals surface area (Å²) in [6.45, 7) is 5.49. The highest BCUT2D eigenvalue weighted by Gasteiger charge is 2.32. The number of anilines is 4. The summed E-state index contributed by atoms with van der Waals surface area (Å²) in [6, 6.07) is 31.3. The third kappa shape index (κ3) is 6.13. The molecule has 0 bridgehead atoms. The van der Waals surface area contributed by atoms with Gasteiger partial charge in [0.15, 0.2) is 0 Å². The zero-order chi connectivity index (χ0) is 35.3. The van der Waals surface area contributed by atoms with Crippen molar-refractivity contribution in [3.05, 3.63) is 155 Å². The van der Waals surface area contributed by atoms with Crippen LogP contribution in [0.2, 0.25) is 0 Å². The van der Waals surface area contributed by atoms with Crippen LogP contribution in [0.25, 0.3) is 22.5 Å². The van der Waals surface area contributed by atoms with Crippen LogP contribution in [0, 0.1) is 23.3 Å². The maximum atomic E-state index is 15.4. The summed E-state index contributed by atoms with van der Waals surface area (Å²) in [5, 5.41) is 0. The monoisotopic (exact) mass is 684 g/mol.